The Labute approximate surface area is 156 Å². The molecule has 1 atom stereocenters. The van der Waals surface area contributed by atoms with Crippen molar-refractivity contribution in [2.45, 2.75) is 46.2 Å². The van der Waals surface area contributed by atoms with E-state index < -0.39 is 0 Å². The van der Waals surface area contributed by atoms with E-state index in [0.29, 0.717) is 6.04 Å². The molecular weight excluding hydrogens is 324 g/mol. The molecule has 0 spiro atoms. The number of ether oxygens (including phenoxy) is 1. The van der Waals surface area contributed by atoms with Crippen LogP contribution in [0.25, 0.3) is 0 Å². The quantitative estimate of drug-likeness (QED) is 0.892. The Bertz CT molecular complexity index is 742. The van der Waals surface area contributed by atoms with Crippen LogP contribution in [0.2, 0.25) is 0 Å². The maximum Gasteiger partial charge on any atom is 0.109 e. The van der Waals surface area contributed by atoms with Crippen molar-refractivity contribution in [2.24, 2.45) is 5.41 Å². The predicted octanol–water partition coefficient (Wildman–Crippen LogP) is 4.23. The third-order valence-electron chi connectivity index (χ3n) is 5.60. The molecule has 1 N–H and O–H groups in total. The molecule has 1 aromatic heterocycles. The molecule has 2 heterocycles. The van der Waals surface area contributed by atoms with Crippen molar-refractivity contribution >= 4 is 5.69 Å². The van der Waals surface area contributed by atoms with Crippen LogP contribution in [0.3, 0.4) is 0 Å². The second kappa shape index (κ2) is 7.09. The number of fused-ring (bicyclic) bond motifs is 1. The fourth-order valence-corrected chi connectivity index (χ4v) is 4.25. The lowest BCUT2D eigenvalue weighted by molar-refractivity contribution is 0.122. The molecule has 2 aliphatic rings. The molecule has 1 aliphatic carbocycles. The Hall–Kier alpha value is -1.78. The number of rotatable bonds is 4. The standard InChI is InChI=1S/C22H30N2O2/c1-16-12-19-20(13-22(2,3)14-21(19)26-16)23-15-17-4-6-18(7-5-17)24-8-10-25-11-9-24/h4-7,12,20,23H,8-11,13-15H2,1-3H3/t20-/m0/s1. The van der Waals surface area contributed by atoms with Crippen molar-refractivity contribution in [1.29, 1.82) is 0 Å². The number of benzene rings is 1. The molecule has 4 heteroatoms. The summed E-state index contributed by atoms with van der Waals surface area (Å²) in [6.07, 6.45) is 2.17. The van der Waals surface area contributed by atoms with Crippen LogP contribution < -0.4 is 10.2 Å². The molecule has 1 fully saturated rings. The summed E-state index contributed by atoms with van der Waals surface area (Å²) in [7, 11) is 0. The van der Waals surface area contributed by atoms with Crippen LogP contribution in [0.5, 0.6) is 0 Å². The average Bonchev–Trinajstić information content (AvgIpc) is 3.00. The van der Waals surface area contributed by atoms with E-state index in [4.69, 9.17) is 9.15 Å². The lowest BCUT2D eigenvalue weighted by Gasteiger charge is -2.35. The number of nitrogens with one attached hydrogen (secondary N) is 1. The first kappa shape index (κ1) is 17.6. The van der Waals surface area contributed by atoms with Gasteiger partial charge in [-0.1, -0.05) is 26.0 Å². The lowest BCUT2D eigenvalue weighted by Crippen LogP contribution is -2.36. The van der Waals surface area contributed by atoms with Crippen LogP contribution in [0.4, 0.5) is 5.69 Å². The highest BCUT2D eigenvalue weighted by atomic mass is 16.5. The predicted molar refractivity (Wildman–Crippen MR) is 105 cm³/mol. The minimum atomic E-state index is 0.273. The molecule has 1 saturated heterocycles. The van der Waals surface area contributed by atoms with Gasteiger partial charge in [0.2, 0.25) is 0 Å². The highest BCUT2D eigenvalue weighted by molar-refractivity contribution is 5.48. The van der Waals surface area contributed by atoms with Crippen LogP contribution >= 0.6 is 0 Å². The molecule has 0 bridgehead atoms. The second-order valence-electron chi connectivity index (χ2n) is 8.48. The third kappa shape index (κ3) is 3.81. The molecular formula is C22H30N2O2. The maximum atomic E-state index is 5.95. The van der Waals surface area contributed by atoms with Crippen molar-refractivity contribution in [3.63, 3.8) is 0 Å². The van der Waals surface area contributed by atoms with Crippen molar-refractivity contribution in [3.05, 3.63) is 53.0 Å². The van der Waals surface area contributed by atoms with Crippen LogP contribution in [0.1, 0.15) is 49.0 Å². The van der Waals surface area contributed by atoms with E-state index in [1.165, 1.54) is 22.6 Å². The Balaban J connectivity index is 1.42. The van der Waals surface area contributed by atoms with Crippen LogP contribution in [0, 0.1) is 12.3 Å². The minimum Gasteiger partial charge on any atom is -0.466 e. The van der Waals surface area contributed by atoms with Gasteiger partial charge < -0.3 is 19.4 Å². The third-order valence-corrected chi connectivity index (χ3v) is 5.60. The Kier molecular flexibility index (Phi) is 4.80. The van der Waals surface area contributed by atoms with E-state index in [-0.39, 0.29) is 5.41 Å². The Morgan fingerprint density at radius 2 is 1.88 bits per heavy atom. The highest BCUT2D eigenvalue weighted by Crippen LogP contribution is 2.42. The van der Waals surface area contributed by atoms with Crippen molar-refractivity contribution in [1.82, 2.24) is 5.32 Å². The number of aryl methyl sites for hydroxylation is 1. The molecule has 0 saturated carbocycles. The lowest BCUT2D eigenvalue weighted by atomic mass is 9.74. The van der Waals surface area contributed by atoms with Crippen molar-refractivity contribution < 1.29 is 9.15 Å². The second-order valence-corrected chi connectivity index (χ2v) is 8.48. The first-order valence-electron chi connectivity index (χ1n) is 9.74. The van der Waals surface area contributed by atoms with E-state index >= 15 is 0 Å². The van der Waals surface area contributed by atoms with E-state index in [1.807, 2.05) is 6.92 Å². The van der Waals surface area contributed by atoms with Crippen LogP contribution in [0.15, 0.2) is 34.7 Å². The number of hydrogen-bond donors (Lipinski definition) is 1. The molecule has 0 radical (unpaired) electrons. The van der Waals surface area contributed by atoms with Gasteiger partial charge in [-0.2, -0.15) is 0 Å². The van der Waals surface area contributed by atoms with E-state index in [1.54, 1.807) is 0 Å². The van der Waals surface area contributed by atoms with Gasteiger partial charge in [-0.15, -0.1) is 0 Å². The number of furan rings is 1. The van der Waals surface area contributed by atoms with Gasteiger partial charge >= 0.3 is 0 Å². The SMILES string of the molecule is Cc1cc2c(o1)CC(C)(C)C[C@@H]2NCc1ccc(N2CCOCC2)cc1. The number of nitrogens with zero attached hydrogens (tertiary/aromatic N) is 1. The monoisotopic (exact) mass is 354 g/mol. The number of morpholine rings is 1. The zero-order valence-electron chi connectivity index (χ0n) is 16.2. The topological polar surface area (TPSA) is 37.6 Å². The van der Waals surface area contributed by atoms with E-state index in [0.717, 1.165) is 51.4 Å². The molecule has 26 heavy (non-hydrogen) atoms. The van der Waals surface area contributed by atoms with Gasteiger partial charge in [0.25, 0.3) is 0 Å². The van der Waals surface area contributed by atoms with Crippen molar-refractivity contribution in [2.75, 3.05) is 31.2 Å². The molecule has 1 aliphatic heterocycles. The molecule has 2 aromatic rings. The molecule has 1 aromatic carbocycles. The first-order chi connectivity index (χ1) is 12.5. The molecule has 0 unspecified atom stereocenters. The summed E-state index contributed by atoms with van der Waals surface area (Å²) in [6.45, 7) is 11.2. The summed E-state index contributed by atoms with van der Waals surface area (Å²) in [4.78, 5) is 2.39. The summed E-state index contributed by atoms with van der Waals surface area (Å²) >= 11 is 0. The summed E-state index contributed by atoms with van der Waals surface area (Å²) in [5.41, 5.74) is 4.25. The summed E-state index contributed by atoms with van der Waals surface area (Å²) < 4.78 is 11.4. The van der Waals surface area contributed by atoms with Crippen LogP contribution in [-0.4, -0.2) is 26.3 Å². The zero-order valence-corrected chi connectivity index (χ0v) is 16.2. The Morgan fingerprint density at radius 3 is 2.62 bits per heavy atom. The first-order valence-corrected chi connectivity index (χ1v) is 9.74. The minimum absolute atomic E-state index is 0.273. The van der Waals surface area contributed by atoms with E-state index in [2.05, 4.69) is 54.4 Å². The normalized spacial score (nSPS) is 22.3. The van der Waals surface area contributed by atoms with Gasteiger partial charge in [0.05, 0.1) is 13.2 Å². The van der Waals surface area contributed by atoms with Gasteiger partial charge in [0, 0.05) is 43.3 Å². The smallest absolute Gasteiger partial charge is 0.109 e. The zero-order chi connectivity index (χ0) is 18.1. The Morgan fingerprint density at radius 1 is 1.15 bits per heavy atom. The molecule has 4 nitrogen and oxygen atoms in total. The highest BCUT2D eigenvalue weighted by Gasteiger charge is 2.34. The fraction of sp³-hybridized carbons (Fsp3) is 0.545. The van der Waals surface area contributed by atoms with Crippen molar-refractivity contribution in [3.8, 4) is 0 Å². The largest absolute Gasteiger partial charge is 0.466 e. The summed E-state index contributed by atoms with van der Waals surface area (Å²) in [5, 5.41) is 3.77. The maximum absolute atomic E-state index is 5.95. The van der Waals surface area contributed by atoms with Gasteiger partial charge in [0.15, 0.2) is 0 Å². The van der Waals surface area contributed by atoms with Gasteiger partial charge in [-0.3, -0.25) is 0 Å². The average molecular weight is 354 g/mol. The summed E-state index contributed by atoms with van der Waals surface area (Å²) in [6, 6.07) is 11.5. The summed E-state index contributed by atoms with van der Waals surface area (Å²) in [5.74, 6) is 2.19. The fourth-order valence-electron chi connectivity index (χ4n) is 4.25. The van der Waals surface area contributed by atoms with Gasteiger partial charge in [-0.05, 0) is 42.5 Å². The van der Waals surface area contributed by atoms with E-state index in [9.17, 15) is 0 Å². The molecule has 4 rings (SSSR count). The number of anilines is 1. The molecule has 0 amide bonds. The number of hydrogen-bond acceptors (Lipinski definition) is 4. The molecule has 140 valence electrons. The van der Waals surface area contributed by atoms with Crippen LogP contribution in [-0.2, 0) is 17.7 Å². The van der Waals surface area contributed by atoms with Gasteiger partial charge in [-0.25, -0.2) is 0 Å². The van der Waals surface area contributed by atoms with Gasteiger partial charge in [0.1, 0.15) is 11.5 Å².